The molecule has 0 aromatic heterocycles. The molecule has 0 aliphatic heterocycles. The Labute approximate surface area is 203 Å². The average Bonchev–Trinajstić information content (AvgIpc) is 2.78. The van der Waals surface area contributed by atoms with E-state index in [0.717, 1.165) is 34.9 Å². The first-order valence-corrected chi connectivity index (χ1v) is 9.65. The van der Waals surface area contributed by atoms with E-state index in [-0.39, 0.29) is 11.4 Å². The van der Waals surface area contributed by atoms with E-state index >= 15 is 0 Å². The van der Waals surface area contributed by atoms with Crippen molar-refractivity contribution < 1.29 is 62.3 Å². The van der Waals surface area contributed by atoms with Crippen molar-refractivity contribution in [1.82, 2.24) is 0 Å². The maximum Gasteiger partial charge on any atom is 0.393 e. The number of carbonyl (C=O) groups excluding carboxylic acids is 2. The summed E-state index contributed by atoms with van der Waals surface area (Å²) in [5, 5.41) is 1.87. The minimum Gasteiger partial charge on any atom is -0.399 e. The first kappa shape index (κ1) is 30.4. The van der Waals surface area contributed by atoms with E-state index in [1.807, 2.05) is 0 Å². The second kappa shape index (κ2) is 9.46. The maximum absolute atomic E-state index is 14.1. The van der Waals surface area contributed by atoms with Crippen LogP contribution in [0, 0.1) is 0 Å². The number of nitrogens with one attached hydrogen (secondary N) is 2. The molecule has 2 aromatic rings. The van der Waals surface area contributed by atoms with Crippen LogP contribution >= 0.6 is 0 Å². The number of halogens is 12. The van der Waals surface area contributed by atoms with Gasteiger partial charge in [-0.05, 0) is 36.4 Å². The number of alkyl halides is 12. The lowest BCUT2D eigenvalue weighted by atomic mass is 9.90. The molecule has 6 nitrogen and oxygen atoms in total. The Morgan fingerprint density at radius 1 is 0.526 bits per heavy atom. The highest BCUT2D eigenvalue weighted by atomic mass is 19.4. The number of benzene rings is 2. The Morgan fingerprint density at radius 2 is 0.816 bits per heavy atom. The fourth-order valence-electron chi connectivity index (χ4n) is 2.73. The molecule has 2 amide bonds. The Balaban J connectivity index is 2.44. The third-order valence-electron chi connectivity index (χ3n) is 4.83. The van der Waals surface area contributed by atoms with Crippen LogP contribution in [0.5, 0.6) is 0 Å². The van der Waals surface area contributed by atoms with Gasteiger partial charge in [-0.2, -0.15) is 52.7 Å². The quantitative estimate of drug-likeness (QED) is 0.244. The summed E-state index contributed by atoms with van der Waals surface area (Å²) in [6.45, 7) is 0. The second-order valence-electron chi connectivity index (χ2n) is 7.61. The van der Waals surface area contributed by atoms with Crippen LogP contribution in [0.25, 0.3) is 0 Å². The average molecular weight is 570 g/mol. The van der Waals surface area contributed by atoms with Crippen LogP contribution in [0.3, 0.4) is 0 Å². The van der Waals surface area contributed by atoms with E-state index in [2.05, 4.69) is 0 Å². The molecule has 0 atom stereocenters. The van der Waals surface area contributed by atoms with Crippen molar-refractivity contribution in [3.05, 3.63) is 48.5 Å². The molecule has 18 heteroatoms. The molecule has 0 saturated heterocycles. The monoisotopic (exact) mass is 570 g/mol. The van der Waals surface area contributed by atoms with Crippen LogP contribution in [0.1, 0.15) is 0 Å². The maximum atomic E-state index is 14.1. The SMILES string of the molecule is Nc1cccc(NC(=O)C(F)(F)C(F)(F)C(F)(F)C(F)(F)C(F)(F)C(F)(F)C(=O)Nc2cccc(N)c2)c1. The number of amides is 2. The molecule has 6 N–H and O–H groups in total. The molecular weight excluding hydrogens is 556 g/mol. The zero-order valence-corrected chi connectivity index (χ0v) is 18.1. The molecule has 38 heavy (non-hydrogen) atoms. The number of hydrogen-bond donors (Lipinski definition) is 4. The molecular formula is C20H14F12N4O2. The van der Waals surface area contributed by atoms with Crippen molar-refractivity contribution in [3.63, 3.8) is 0 Å². The first-order valence-electron chi connectivity index (χ1n) is 9.65. The van der Waals surface area contributed by atoms with Gasteiger partial charge in [0, 0.05) is 22.7 Å². The van der Waals surface area contributed by atoms with Crippen LogP contribution in [0.4, 0.5) is 75.4 Å². The lowest BCUT2D eigenvalue weighted by Gasteiger charge is -2.40. The van der Waals surface area contributed by atoms with Gasteiger partial charge in [-0.1, -0.05) is 12.1 Å². The van der Waals surface area contributed by atoms with Crippen molar-refractivity contribution in [2.75, 3.05) is 22.1 Å². The molecule has 0 bridgehead atoms. The van der Waals surface area contributed by atoms with Crippen molar-refractivity contribution in [2.45, 2.75) is 35.5 Å². The smallest absolute Gasteiger partial charge is 0.393 e. The van der Waals surface area contributed by atoms with Crippen molar-refractivity contribution in [1.29, 1.82) is 0 Å². The topological polar surface area (TPSA) is 110 Å². The number of rotatable bonds is 9. The highest BCUT2D eigenvalue weighted by Gasteiger charge is 2.92. The third-order valence-corrected chi connectivity index (χ3v) is 4.83. The minimum atomic E-state index is -8.05. The number of nitrogen functional groups attached to an aromatic ring is 2. The van der Waals surface area contributed by atoms with Gasteiger partial charge in [0.2, 0.25) is 0 Å². The van der Waals surface area contributed by atoms with Gasteiger partial charge < -0.3 is 22.1 Å². The van der Waals surface area contributed by atoms with E-state index in [1.54, 1.807) is 0 Å². The molecule has 0 heterocycles. The normalized spacial score (nSPS) is 13.7. The molecule has 0 saturated carbocycles. The van der Waals surface area contributed by atoms with Gasteiger partial charge in [0.05, 0.1) is 0 Å². The summed E-state index contributed by atoms with van der Waals surface area (Å²) in [5.41, 5.74) is 8.21. The highest BCUT2D eigenvalue weighted by molar-refractivity contribution is 5.98. The number of hydrogen-bond acceptors (Lipinski definition) is 4. The predicted octanol–water partition coefficient (Wildman–Crippen LogP) is 5.24. The van der Waals surface area contributed by atoms with Gasteiger partial charge in [-0.3, -0.25) is 9.59 Å². The van der Waals surface area contributed by atoms with Gasteiger partial charge in [-0.15, -0.1) is 0 Å². The van der Waals surface area contributed by atoms with E-state index in [0.29, 0.717) is 24.3 Å². The number of anilines is 4. The van der Waals surface area contributed by atoms with Crippen molar-refractivity contribution >= 4 is 34.6 Å². The summed E-state index contributed by atoms with van der Waals surface area (Å²) in [6, 6.07) is 6.75. The molecule has 0 aliphatic rings. The molecule has 2 aromatic carbocycles. The summed E-state index contributed by atoms with van der Waals surface area (Å²) >= 11 is 0. The summed E-state index contributed by atoms with van der Waals surface area (Å²) < 4.78 is 169. The zero-order valence-electron chi connectivity index (χ0n) is 18.1. The van der Waals surface area contributed by atoms with Gasteiger partial charge in [0.1, 0.15) is 0 Å². The van der Waals surface area contributed by atoms with Crippen LogP contribution in [-0.4, -0.2) is 47.3 Å². The van der Waals surface area contributed by atoms with Crippen LogP contribution in [-0.2, 0) is 9.59 Å². The molecule has 0 radical (unpaired) electrons. The fourth-order valence-corrected chi connectivity index (χ4v) is 2.73. The molecule has 0 aliphatic carbocycles. The second-order valence-corrected chi connectivity index (χ2v) is 7.61. The summed E-state index contributed by atoms with van der Waals surface area (Å²) in [6.07, 6.45) is 0. The number of carbonyl (C=O) groups is 2. The molecule has 210 valence electrons. The van der Waals surface area contributed by atoms with Crippen molar-refractivity contribution in [3.8, 4) is 0 Å². The van der Waals surface area contributed by atoms with Crippen molar-refractivity contribution in [2.24, 2.45) is 0 Å². The third kappa shape index (κ3) is 4.73. The molecule has 0 fully saturated rings. The lowest BCUT2D eigenvalue weighted by molar-refractivity contribution is -0.414. The van der Waals surface area contributed by atoms with Crippen LogP contribution in [0.15, 0.2) is 48.5 Å². The Morgan fingerprint density at radius 3 is 1.08 bits per heavy atom. The van der Waals surface area contributed by atoms with Gasteiger partial charge in [0.15, 0.2) is 0 Å². The number of nitrogens with two attached hydrogens (primary N) is 2. The minimum absolute atomic E-state index is 0.284. The van der Waals surface area contributed by atoms with E-state index in [9.17, 15) is 62.3 Å². The van der Waals surface area contributed by atoms with Gasteiger partial charge >= 0.3 is 47.3 Å². The van der Waals surface area contributed by atoms with Gasteiger partial charge in [0.25, 0.3) is 0 Å². The first-order chi connectivity index (χ1) is 17.0. The van der Waals surface area contributed by atoms with Crippen LogP contribution < -0.4 is 22.1 Å². The largest absolute Gasteiger partial charge is 0.399 e. The lowest BCUT2D eigenvalue weighted by Crippen LogP contribution is -2.73. The Kier molecular flexibility index (Phi) is 7.56. The highest BCUT2D eigenvalue weighted by Crippen LogP contribution is 2.60. The summed E-state index contributed by atoms with van der Waals surface area (Å²) in [7, 11) is 0. The van der Waals surface area contributed by atoms with E-state index in [4.69, 9.17) is 11.5 Å². The Hall–Kier alpha value is -3.86. The predicted molar refractivity (Wildman–Crippen MR) is 109 cm³/mol. The standard InChI is InChI=1S/C20H14F12N4O2/c21-15(22,13(37)35-11-5-1-3-9(33)7-11)17(25,26)19(29,30)20(31,32)18(27,28)16(23,24)14(38)36-12-6-2-4-10(34)8-12/h1-8H,33-34H2,(H,35,37)(H,36,38). The summed E-state index contributed by atoms with van der Waals surface area (Å²) in [5.74, 6) is -52.2. The molecule has 0 unspecified atom stereocenters. The summed E-state index contributed by atoms with van der Waals surface area (Å²) in [4.78, 5) is 23.2. The van der Waals surface area contributed by atoms with Crippen LogP contribution in [0.2, 0.25) is 0 Å². The molecule has 0 spiro atoms. The molecule has 2 rings (SSSR count). The van der Waals surface area contributed by atoms with Gasteiger partial charge in [-0.25, -0.2) is 0 Å². The van der Waals surface area contributed by atoms with E-state index < -0.39 is 58.7 Å². The zero-order chi connectivity index (χ0) is 29.5. The fraction of sp³-hybridized carbons (Fsp3) is 0.300. The van der Waals surface area contributed by atoms with E-state index in [1.165, 1.54) is 0 Å². The Bertz CT molecular complexity index is 1130.